The molecule has 37 heavy (non-hydrogen) atoms. The SMILES string of the molecule is CC(C)S(=O)(=O)NCc1ccc(-c2nc3ccccc3nc2-c2ccccc2)cc1.O=C(O)C(F)(F)F. The number of nitrogens with zero attached hydrogens (tertiary/aromatic N) is 2. The first-order valence-electron chi connectivity index (χ1n) is 11.1. The summed E-state index contributed by atoms with van der Waals surface area (Å²) in [5.74, 6) is -2.76. The van der Waals surface area contributed by atoms with Crippen LogP contribution in [0.4, 0.5) is 13.2 Å². The second-order valence-corrected chi connectivity index (χ2v) is 10.5. The Bertz CT molecular complexity index is 1470. The van der Waals surface area contributed by atoms with Gasteiger partial charge in [-0.25, -0.2) is 27.9 Å². The van der Waals surface area contributed by atoms with Gasteiger partial charge in [0.2, 0.25) is 10.0 Å². The monoisotopic (exact) mass is 531 g/mol. The van der Waals surface area contributed by atoms with E-state index in [1.807, 2.05) is 78.9 Å². The molecule has 0 atom stereocenters. The fourth-order valence-corrected chi connectivity index (χ4v) is 3.83. The third kappa shape index (κ3) is 7.34. The summed E-state index contributed by atoms with van der Waals surface area (Å²) in [6.45, 7) is 3.58. The number of hydrogen-bond acceptors (Lipinski definition) is 5. The number of alkyl halides is 3. The second kappa shape index (κ2) is 11.5. The lowest BCUT2D eigenvalue weighted by atomic mass is 10.0. The molecule has 4 rings (SSSR count). The zero-order chi connectivity index (χ0) is 27.2. The van der Waals surface area contributed by atoms with Gasteiger partial charge in [0.1, 0.15) is 0 Å². The minimum absolute atomic E-state index is 0.260. The highest BCUT2D eigenvalue weighted by atomic mass is 32.2. The summed E-state index contributed by atoms with van der Waals surface area (Å²) in [6.07, 6.45) is -5.08. The first-order valence-corrected chi connectivity index (χ1v) is 12.6. The highest BCUT2D eigenvalue weighted by molar-refractivity contribution is 7.90. The smallest absolute Gasteiger partial charge is 0.475 e. The van der Waals surface area contributed by atoms with Crippen molar-refractivity contribution in [1.29, 1.82) is 0 Å². The van der Waals surface area contributed by atoms with Gasteiger partial charge in [0.15, 0.2) is 0 Å². The summed E-state index contributed by atoms with van der Waals surface area (Å²) in [5, 5.41) is 6.66. The Morgan fingerprint density at radius 3 is 1.70 bits per heavy atom. The highest BCUT2D eigenvalue weighted by Crippen LogP contribution is 2.31. The Hall–Kier alpha value is -3.83. The number of halogens is 3. The summed E-state index contributed by atoms with van der Waals surface area (Å²) in [7, 11) is -3.30. The van der Waals surface area contributed by atoms with Crippen LogP contribution in [0.3, 0.4) is 0 Å². The third-order valence-corrected chi connectivity index (χ3v) is 6.97. The maximum absolute atomic E-state index is 12.0. The lowest BCUT2D eigenvalue weighted by Crippen LogP contribution is -2.30. The molecule has 0 aliphatic carbocycles. The van der Waals surface area contributed by atoms with E-state index >= 15 is 0 Å². The minimum Gasteiger partial charge on any atom is -0.475 e. The number of carboxylic acids is 1. The fourth-order valence-electron chi connectivity index (χ4n) is 3.13. The molecule has 1 aromatic heterocycles. The molecule has 2 N–H and O–H groups in total. The molecular weight excluding hydrogens is 507 g/mol. The molecular formula is C26H24F3N3O4S. The summed E-state index contributed by atoms with van der Waals surface area (Å²) in [5.41, 5.74) is 6.12. The Morgan fingerprint density at radius 2 is 1.27 bits per heavy atom. The molecule has 1 heterocycles. The number of fused-ring (bicyclic) bond motifs is 1. The molecule has 11 heteroatoms. The predicted octanol–water partition coefficient (Wildman–Crippen LogP) is 5.42. The molecule has 0 bridgehead atoms. The molecule has 0 radical (unpaired) electrons. The van der Waals surface area contributed by atoms with Gasteiger partial charge in [-0.2, -0.15) is 13.2 Å². The van der Waals surface area contributed by atoms with Crippen LogP contribution in [0, 0.1) is 0 Å². The zero-order valence-electron chi connectivity index (χ0n) is 19.9. The second-order valence-electron chi connectivity index (χ2n) is 8.19. The average Bonchev–Trinajstić information content (AvgIpc) is 2.87. The number of aliphatic carboxylic acids is 1. The molecule has 0 saturated heterocycles. The van der Waals surface area contributed by atoms with Crippen molar-refractivity contribution in [1.82, 2.24) is 14.7 Å². The molecule has 7 nitrogen and oxygen atoms in total. The van der Waals surface area contributed by atoms with Crippen LogP contribution in [0.5, 0.6) is 0 Å². The molecule has 0 unspecified atom stereocenters. The summed E-state index contributed by atoms with van der Waals surface area (Å²) >= 11 is 0. The topological polar surface area (TPSA) is 109 Å². The van der Waals surface area contributed by atoms with Crippen molar-refractivity contribution in [3.63, 3.8) is 0 Å². The van der Waals surface area contributed by atoms with E-state index in [1.54, 1.807) is 13.8 Å². The zero-order valence-corrected chi connectivity index (χ0v) is 20.7. The van der Waals surface area contributed by atoms with E-state index in [0.29, 0.717) is 0 Å². The molecule has 0 aliphatic heterocycles. The molecule has 0 aliphatic rings. The van der Waals surface area contributed by atoms with E-state index in [2.05, 4.69) is 4.72 Å². The van der Waals surface area contributed by atoms with Gasteiger partial charge in [-0.15, -0.1) is 0 Å². The Labute approximate surface area is 212 Å². The van der Waals surface area contributed by atoms with Gasteiger partial charge in [-0.05, 0) is 31.5 Å². The fraction of sp³-hybridized carbons (Fsp3) is 0.192. The molecule has 4 aromatic rings. The van der Waals surface area contributed by atoms with E-state index in [0.717, 1.165) is 39.1 Å². The Kier molecular flexibility index (Phi) is 8.61. The summed E-state index contributed by atoms with van der Waals surface area (Å²) in [6, 6.07) is 25.6. The number of hydrogen-bond donors (Lipinski definition) is 2. The van der Waals surface area contributed by atoms with Gasteiger partial charge in [-0.1, -0.05) is 66.7 Å². The van der Waals surface area contributed by atoms with Crippen molar-refractivity contribution in [2.24, 2.45) is 0 Å². The van der Waals surface area contributed by atoms with Crippen LogP contribution in [0.15, 0.2) is 78.9 Å². The van der Waals surface area contributed by atoms with E-state index in [4.69, 9.17) is 19.9 Å². The van der Waals surface area contributed by atoms with Crippen molar-refractivity contribution in [3.8, 4) is 22.5 Å². The number of rotatable bonds is 6. The third-order valence-electron chi connectivity index (χ3n) is 5.19. The van der Waals surface area contributed by atoms with Crippen LogP contribution < -0.4 is 4.72 Å². The molecule has 194 valence electrons. The molecule has 0 saturated carbocycles. The number of sulfonamides is 1. The van der Waals surface area contributed by atoms with Crippen molar-refractivity contribution in [2.75, 3.05) is 0 Å². The molecule has 0 fully saturated rings. The minimum atomic E-state index is -5.08. The van der Waals surface area contributed by atoms with Crippen LogP contribution in [0.1, 0.15) is 19.4 Å². The summed E-state index contributed by atoms with van der Waals surface area (Å²) in [4.78, 5) is 18.7. The first-order chi connectivity index (χ1) is 17.4. The normalized spacial score (nSPS) is 11.7. The Balaban J connectivity index is 0.000000479. The van der Waals surface area contributed by atoms with Crippen molar-refractivity contribution in [3.05, 3.63) is 84.4 Å². The van der Waals surface area contributed by atoms with Gasteiger partial charge in [0.25, 0.3) is 0 Å². The van der Waals surface area contributed by atoms with Crippen molar-refractivity contribution < 1.29 is 31.5 Å². The number of carboxylic acid groups (broad SMARTS) is 1. The highest BCUT2D eigenvalue weighted by Gasteiger charge is 2.38. The largest absolute Gasteiger partial charge is 0.490 e. The van der Waals surface area contributed by atoms with Crippen LogP contribution in [-0.2, 0) is 21.4 Å². The van der Waals surface area contributed by atoms with E-state index in [-0.39, 0.29) is 6.54 Å². The number of aromatic nitrogens is 2. The van der Waals surface area contributed by atoms with Crippen LogP contribution in [0.2, 0.25) is 0 Å². The molecule has 0 amide bonds. The maximum atomic E-state index is 12.0. The lowest BCUT2D eigenvalue weighted by molar-refractivity contribution is -0.192. The van der Waals surface area contributed by atoms with Gasteiger partial charge in [0, 0.05) is 17.7 Å². The van der Waals surface area contributed by atoms with Gasteiger partial charge >= 0.3 is 12.1 Å². The van der Waals surface area contributed by atoms with E-state index in [1.165, 1.54) is 0 Å². The summed E-state index contributed by atoms with van der Waals surface area (Å²) < 4.78 is 58.4. The maximum Gasteiger partial charge on any atom is 0.490 e. The van der Waals surface area contributed by atoms with E-state index in [9.17, 15) is 21.6 Å². The average molecular weight is 532 g/mol. The lowest BCUT2D eigenvalue weighted by Gasteiger charge is -2.12. The van der Waals surface area contributed by atoms with E-state index < -0.39 is 27.4 Å². The predicted molar refractivity (Wildman–Crippen MR) is 135 cm³/mol. The van der Waals surface area contributed by atoms with Crippen LogP contribution in [-0.4, -0.2) is 40.9 Å². The molecule has 3 aromatic carbocycles. The van der Waals surface area contributed by atoms with Gasteiger partial charge < -0.3 is 5.11 Å². The van der Waals surface area contributed by atoms with Crippen molar-refractivity contribution in [2.45, 2.75) is 31.8 Å². The van der Waals surface area contributed by atoms with Gasteiger partial charge in [-0.3, -0.25) is 0 Å². The first kappa shape index (κ1) is 27.8. The number of para-hydroxylation sites is 2. The standard InChI is InChI=1S/C24H23N3O2S.C2HF3O2/c1-17(2)30(28,29)25-16-18-12-14-20(15-13-18)24-23(19-8-4-3-5-9-19)26-21-10-6-7-11-22(21)27-24;3-2(4,5)1(6)7/h3-15,17,25H,16H2,1-2H3;(H,6,7). The number of carbonyl (C=O) groups is 1. The quantitative estimate of drug-likeness (QED) is 0.344. The van der Waals surface area contributed by atoms with Gasteiger partial charge in [0.05, 0.1) is 27.7 Å². The number of nitrogens with one attached hydrogen (secondary N) is 1. The molecule has 0 spiro atoms. The Morgan fingerprint density at radius 1 is 0.838 bits per heavy atom. The van der Waals surface area contributed by atoms with Crippen LogP contribution >= 0.6 is 0 Å². The number of benzene rings is 3. The van der Waals surface area contributed by atoms with Crippen molar-refractivity contribution >= 4 is 27.0 Å². The van der Waals surface area contributed by atoms with Crippen LogP contribution in [0.25, 0.3) is 33.5 Å².